The standard InChI is InChI=1S/C10H21N3O/c1-8(2)10(14)12-7-9-6-11-4-5-13(9)3/h8-9,11H,4-7H2,1-3H3,(H,12,14). The number of carbonyl (C=O) groups excluding carboxylic acids is 1. The van der Waals surface area contributed by atoms with Crippen LogP contribution in [-0.2, 0) is 4.79 Å². The van der Waals surface area contributed by atoms with E-state index in [9.17, 15) is 4.79 Å². The number of nitrogens with zero attached hydrogens (tertiary/aromatic N) is 1. The Hall–Kier alpha value is -0.610. The molecule has 1 heterocycles. The highest BCUT2D eigenvalue weighted by atomic mass is 16.1. The minimum Gasteiger partial charge on any atom is -0.354 e. The molecule has 0 aromatic carbocycles. The third-order valence-corrected chi connectivity index (χ3v) is 2.68. The van der Waals surface area contributed by atoms with Crippen molar-refractivity contribution in [1.82, 2.24) is 15.5 Å². The van der Waals surface area contributed by atoms with Gasteiger partial charge in [0.25, 0.3) is 0 Å². The lowest BCUT2D eigenvalue weighted by Gasteiger charge is -2.33. The van der Waals surface area contributed by atoms with Gasteiger partial charge in [-0.05, 0) is 7.05 Å². The Morgan fingerprint density at radius 2 is 2.36 bits per heavy atom. The summed E-state index contributed by atoms with van der Waals surface area (Å²) in [4.78, 5) is 13.6. The summed E-state index contributed by atoms with van der Waals surface area (Å²) in [5.41, 5.74) is 0. The molecule has 0 radical (unpaired) electrons. The Labute approximate surface area is 86.0 Å². The molecule has 82 valence electrons. The molecule has 0 saturated carbocycles. The van der Waals surface area contributed by atoms with Gasteiger partial charge in [-0.2, -0.15) is 0 Å². The molecule has 1 fully saturated rings. The van der Waals surface area contributed by atoms with Crippen molar-refractivity contribution >= 4 is 5.91 Å². The van der Waals surface area contributed by atoms with Crippen molar-refractivity contribution in [3.05, 3.63) is 0 Å². The van der Waals surface area contributed by atoms with Crippen molar-refractivity contribution in [3.8, 4) is 0 Å². The highest BCUT2D eigenvalue weighted by Crippen LogP contribution is 1.99. The van der Waals surface area contributed by atoms with Crippen LogP contribution in [0.5, 0.6) is 0 Å². The van der Waals surface area contributed by atoms with Crippen molar-refractivity contribution in [1.29, 1.82) is 0 Å². The van der Waals surface area contributed by atoms with E-state index in [1.807, 2.05) is 13.8 Å². The minimum atomic E-state index is 0.0804. The van der Waals surface area contributed by atoms with Gasteiger partial charge in [0.05, 0.1) is 0 Å². The van der Waals surface area contributed by atoms with Crippen LogP contribution in [-0.4, -0.2) is 50.1 Å². The van der Waals surface area contributed by atoms with Gasteiger partial charge >= 0.3 is 0 Å². The molecule has 1 aliphatic heterocycles. The average Bonchev–Trinajstić information content (AvgIpc) is 2.16. The molecule has 1 aliphatic rings. The maximum atomic E-state index is 11.3. The van der Waals surface area contributed by atoms with Gasteiger partial charge in [0.1, 0.15) is 0 Å². The van der Waals surface area contributed by atoms with Gasteiger partial charge in [0, 0.05) is 38.1 Å². The van der Waals surface area contributed by atoms with Crippen LogP contribution in [0.4, 0.5) is 0 Å². The lowest BCUT2D eigenvalue weighted by molar-refractivity contribution is -0.124. The molecule has 1 unspecified atom stereocenters. The highest BCUT2D eigenvalue weighted by Gasteiger charge is 2.19. The Morgan fingerprint density at radius 1 is 1.64 bits per heavy atom. The zero-order valence-electron chi connectivity index (χ0n) is 9.34. The van der Waals surface area contributed by atoms with Gasteiger partial charge in [-0.3, -0.25) is 9.69 Å². The van der Waals surface area contributed by atoms with E-state index in [4.69, 9.17) is 0 Å². The fourth-order valence-corrected chi connectivity index (χ4v) is 1.51. The van der Waals surface area contributed by atoms with E-state index >= 15 is 0 Å². The summed E-state index contributed by atoms with van der Waals surface area (Å²) in [6, 6.07) is 0.437. The van der Waals surface area contributed by atoms with Crippen molar-refractivity contribution in [2.24, 2.45) is 5.92 Å². The predicted octanol–water partition coefficient (Wildman–Crippen LogP) is -0.338. The van der Waals surface area contributed by atoms with Crippen molar-refractivity contribution in [3.63, 3.8) is 0 Å². The number of likely N-dealkylation sites (N-methyl/N-ethyl adjacent to an activating group) is 1. The summed E-state index contributed by atoms with van der Waals surface area (Å²) >= 11 is 0. The van der Waals surface area contributed by atoms with E-state index in [0.717, 1.165) is 26.2 Å². The first-order valence-electron chi connectivity index (χ1n) is 5.30. The molecular weight excluding hydrogens is 178 g/mol. The van der Waals surface area contributed by atoms with Crippen LogP contribution in [0.2, 0.25) is 0 Å². The number of rotatable bonds is 3. The maximum absolute atomic E-state index is 11.3. The molecule has 0 aromatic rings. The fourth-order valence-electron chi connectivity index (χ4n) is 1.51. The van der Waals surface area contributed by atoms with Crippen LogP contribution in [0.25, 0.3) is 0 Å². The van der Waals surface area contributed by atoms with Crippen LogP contribution >= 0.6 is 0 Å². The third-order valence-electron chi connectivity index (χ3n) is 2.68. The second kappa shape index (κ2) is 5.32. The number of carbonyl (C=O) groups is 1. The van der Waals surface area contributed by atoms with Crippen LogP contribution in [0.15, 0.2) is 0 Å². The van der Waals surface area contributed by atoms with Gasteiger partial charge in [0.15, 0.2) is 0 Å². The van der Waals surface area contributed by atoms with E-state index < -0.39 is 0 Å². The maximum Gasteiger partial charge on any atom is 0.222 e. The van der Waals surface area contributed by atoms with Crippen molar-refractivity contribution < 1.29 is 4.79 Å². The first-order chi connectivity index (χ1) is 6.61. The van der Waals surface area contributed by atoms with Crippen LogP contribution < -0.4 is 10.6 Å². The van der Waals surface area contributed by atoms with E-state index in [-0.39, 0.29) is 11.8 Å². The van der Waals surface area contributed by atoms with Gasteiger partial charge < -0.3 is 10.6 Å². The second-order valence-electron chi connectivity index (χ2n) is 4.24. The Balaban J connectivity index is 2.26. The Morgan fingerprint density at radius 3 is 2.93 bits per heavy atom. The Kier molecular flexibility index (Phi) is 4.35. The predicted molar refractivity (Wildman–Crippen MR) is 57.1 cm³/mol. The average molecular weight is 199 g/mol. The number of nitrogens with one attached hydrogen (secondary N) is 2. The minimum absolute atomic E-state index is 0.0804. The van der Waals surface area contributed by atoms with Gasteiger partial charge in [-0.15, -0.1) is 0 Å². The quantitative estimate of drug-likeness (QED) is 0.654. The number of hydrogen-bond acceptors (Lipinski definition) is 3. The van der Waals surface area contributed by atoms with E-state index in [2.05, 4.69) is 22.6 Å². The molecule has 2 N–H and O–H groups in total. The van der Waals surface area contributed by atoms with Gasteiger partial charge in [0.2, 0.25) is 5.91 Å². The summed E-state index contributed by atoms with van der Waals surface area (Å²) in [6.07, 6.45) is 0. The lowest BCUT2D eigenvalue weighted by Crippen LogP contribution is -2.54. The normalized spacial score (nSPS) is 23.9. The highest BCUT2D eigenvalue weighted by molar-refractivity contribution is 5.77. The molecule has 1 rings (SSSR count). The van der Waals surface area contributed by atoms with E-state index in [1.165, 1.54) is 0 Å². The second-order valence-corrected chi connectivity index (χ2v) is 4.24. The number of piperazine rings is 1. The SMILES string of the molecule is CC(C)C(=O)NCC1CNCCN1C. The van der Waals surface area contributed by atoms with Gasteiger partial charge in [-0.1, -0.05) is 13.8 Å². The van der Waals surface area contributed by atoms with Crippen LogP contribution in [0, 0.1) is 5.92 Å². The van der Waals surface area contributed by atoms with Crippen molar-refractivity contribution in [2.75, 3.05) is 33.2 Å². The third kappa shape index (κ3) is 3.27. The molecule has 1 atom stereocenters. The van der Waals surface area contributed by atoms with Gasteiger partial charge in [-0.25, -0.2) is 0 Å². The first-order valence-corrected chi connectivity index (χ1v) is 5.30. The fraction of sp³-hybridized carbons (Fsp3) is 0.900. The molecule has 0 bridgehead atoms. The summed E-state index contributed by atoms with van der Waals surface area (Å²) in [5, 5.41) is 6.29. The molecular formula is C10H21N3O. The van der Waals surface area contributed by atoms with Crippen molar-refractivity contribution in [2.45, 2.75) is 19.9 Å². The Bertz CT molecular complexity index is 194. The zero-order chi connectivity index (χ0) is 10.6. The lowest BCUT2D eigenvalue weighted by atomic mass is 10.1. The monoisotopic (exact) mass is 199 g/mol. The largest absolute Gasteiger partial charge is 0.354 e. The number of hydrogen-bond donors (Lipinski definition) is 2. The molecule has 1 amide bonds. The summed E-state index contributed by atoms with van der Waals surface area (Å²) in [7, 11) is 2.10. The molecule has 14 heavy (non-hydrogen) atoms. The molecule has 0 aromatic heterocycles. The molecule has 0 spiro atoms. The topological polar surface area (TPSA) is 44.4 Å². The van der Waals surface area contributed by atoms with Crippen LogP contribution in [0.3, 0.4) is 0 Å². The summed E-state index contributed by atoms with van der Waals surface area (Å²) in [6.45, 7) is 7.65. The molecule has 4 nitrogen and oxygen atoms in total. The van der Waals surface area contributed by atoms with E-state index in [0.29, 0.717) is 6.04 Å². The van der Waals surface area contributed by atoms with E-state index in [1.54, 1.807) is 0 Å². The summed E-state index contributed by atoms with van der Waals surface area (Å²) < 4.78 is 0. The molecule has 0 aliphatic carbocycles. The molecule has 1 saturated heterocycles. The summed E-state index contributed by atoms with van der Waals surface area (Å²) in [5.74, 6) is 0.223. The van der Waals surface area contributed by atoms with Crippen LogP contribution in [0.1, 0.15) is 13.8 Å². The smallest absolute Gasteiger partial charge is 0.222 e. The zero-order valence-corrected chi connectivity index (χ0v) is 9.34. The first kappa shape index (κ1) is 11.5. The molecule has 4 heteroatoms. The number of amides is 1.